The summed E-state index contributed by atoms with van der Waals surface area (Å²) in [5.74, 6) is -1.77. The van der Waals surface area contributed by atoms with Gasteiger partial charge in [0.2, 0.25) is 0 Å². The summed E-state index contributed by atoms with van der Waals surface area (Å²) in [6.07, 6.45) is 0. The molecule has 9 heteroatoms. The van der Waals surface area contributed by atoms with Crippen molar-refractivity contribution >= 4 is 40.6 Å². The number of nitrogens with one attached hydrogen (secondary N) is 1. The lowest BCUT2D eigenvalue weighted by Gasteiger charge is -2.14. The van der Waals surface area contributed by atoms with Crippen LogP contribution in [0.1, 0.15) is 58.1 Å². The number of rotatable bonds is 6. The lowest BCUT2D eigenvalue weighted by molar-refractivity contribution is -0.384. The third-order valence-corrected chi connectivity index (χ3v) is 6.64. The summed E-state index contributed by atoms with van der Waals surface area (Å²) in [6.45, 7) is 3.90. The van der Waals surface area contributed by atoms with Gasteiger partial charge < -0.3 is 5.32 Å². The van der Waals surface area contributed by atoms with Crippen LogP contribution < -0.4 is 10.2 Å². The zero-order valence-corrected chi connectivity index (χ0v) is 20.9. The van der Waals surface area contributed by atoms with Crippen LogP contribution >= 0.6 is 0 Å². The highest BCUT2D eigenvalue weighted by molar-refractivity contribution is 6.34. The van der Waals surface area contributed by atoms with Crippen LogP contribution in [-0.4, -0.2) is 28.4 Å². The second kappa shape index (κ2) is 9.79. The van der Waals surface area contributed by atoms with Gasteiger partial charge in [-0.25, -0.2) is 4.90 Å². The van der Waals surface area contributed by atoms with E-state index in [2.05, 4.69) is 5.32 Å². The van der Waals surface area contributed by atoms with E-state index in [0.29, 0.717) is 16.8 Å². The lowest BCUT2D eigenvalue weighted by atomic mass is 9.99. The number of fused-ring (bicyclic) bond motifs is 1. The SMILES string of the molecule is Cc1ccc(C(=O)c2ccc(N3C(=O)c4ccc(NC(=O)c5ccc([N+](=O)[O-])cc5)cc4C3=O)cc2)cc1C. The van der Waals surface area contributed by atoms with Crippen LogP contribution in [0.3, 0.4) is 0 Å². The minimum atomic E-state index is -0.563. The van der Waals surface area contributed by atoms with Crippen molar-refractivity contribution in [2.75, 3.05) is 10.2 Å². The maximum absolute atomic E-state index is 13.2. The number of hydrogen-bond acceptors (Lipinski definition) is 6. The summed E-state index contributed by atoms with van der Waals surface area (Å²) in [5, 5.41) is 13.5. The number of imide groups is 1. The van der Waals surface area contributed by atoms with Gasteiger partial charge in [0.15, 0.2) is 5.78 Å². The molecular formula is C30H21N3O6. The number of carbonyl (C=O) groups is 4. The lowest BCUT2D eigenvalue weighted by Crippen LogP contribution is -2.29. The van der Waals surface area contributed by atoms with Gasteiger partial charge in [0.1, 0.15) is 0 Å². The standard InChI is InChI=1S/C30H21N3O6/c1-17-3-4-21(15-18(17)2)27(34)19-5-10-23(11-6-19)32-29(36)25-14-9-22(16-26(25)30(32)37)31-28(35)20-7-12-24(13-8-20)33(38)39/h3-16H,1-2H3,(H,31,35). The molecule has 39 heavy (non-hydrogen) atoms. The Morgan fingerprint density at radius 2 is 1.33 bits per heavy atom. The van der Waals surface area contributed by atoms with Gasteiger partial charge >= 0.3 is 0 Å². The highest BCUT2D eigenvalue weighted by Gasteiger charge is 2.37. The number of nitro benzene ring substituents is 1. The summed E-state index contributed by atoms with van der Waals surface area (Å²) < 4.78 is 0. The largest absolute Gasteiger partial charge is 0.322 e. The number of amides is 3. The molecule has 192 valence electrons. The molecule has 0 saturated heterocycles. The van der Waals surface area contributed by atoms with E-state index >= 15 is 0 Å². The second-order valence-corrected chi connectivity index (χ2v) is 9.14. The first kappa shape index (κ1) is 25.2. The van der Waals surface area contributed by atoms with E-state index in [-0.39, 0.29) is 33.8 Å². The van der Waals surface area contributed by atoms with E-state index in [4.69, 9.17) is 0 Å². The Bertz CT molecular complexity index is 1690. The fraction of sp³-hybridized carbons (Fsp3) is 0.0667. The van der Waals surface area contributed by atoms with Crippen LogP contribution in [0.2, 0.25) is 0 Å². The third-order valence-electron chi connectivity index (χ3n) is 6.64. The van der Waals surface area contributed by atoms with Gasteiger partial charge in [0, 0.05) is 34.5 Å². The van der Waals surface area contributed by atoms with Crippen molar-refractivity contribution in [1.29, 1.82) is 0 Å². The van der Waals surface area contributed by atoms with E-state index in [0.717, 1.165) is 16.0 Å². The molecule has 0 unspecified atom stereocenters. The molecule has 0 fully saturated rings. The van der Waals surface area contributed by atoms with Crippen LogP contribution in [0.5, 0.6) is 0 Å². The maximum Gasteiger partial charge on any atom is 0.269 e. The zero-order chi connectivity index (χ0) is 27.8. The normalized spacial score (nSPS) is 12.3. The number of benzene rings is 4. The minimum Gasteiger partial charge on any atom is -0.322 e. The second-order valence-electron chi connectivity index (χ2n) is 9.14. The average Bonchev–Trinajstić information content (AvgIpc) is 3.18. The first-order chi connectivity index (χ1) is 18.6. The Morgan fingerprint density at radius 1 is 0.718 bits per heavy atom. The van der Waals surface area contributed by atoms with Gasteiger partial charge in [-0.05, 0) is 85.6 Å². The Kier molecular flexibility index (Phi) is 6.33. The highest BCUT2D eigenvalue weighted by atomic mass is 16.6. The smallest absolute Gasteiger partial charge is 0.269 e. The molecule has 3 amide bonds. The molecule has 1 heterocycles. The predicted molar refractivity (Wildman–Crippen MR) is 144 cm³/mol. The van der Waals surface area contributed by atoms with Gasteiger partial charge in [-0.3, -0.25) is 29.3 Å². The van der Waals surface area contributed by atoms with Crippen LogP contribution in [0, 0.1) is 24.0 Å². The zero-order valence-electron chi connectivity index (χ0n) is 20.9. The fourth-order valence-electron chi connectivity index (χ4n) is 4.30. The first-order valence-corrected chi connectivity index (χ1v) is 11.9. The quantitative estimate of drug-likeness (QED) is 0.155. The Labute approximate surface area is 222 Å². The third kappa shape index (κ3) is 4.69. The molecule has 0 atom stereocenters. The highest BCUT2D eigenvalue weighted by Crippen LogP contribution is 2.31. The predicted octanol–water partition coefficient (Wildman–Crippen LogP) is 5.50. The Morgan fingerprint density at radius 3 is 1.97 bits per heavy atom. The van der Waals surface area contributed by atoms with E-state index < -0.39 is 22.6 Å². The van der Waals surface area contributed by atoms with E-state index in [1.165, 1.54) is 42.5 Å². The van der Waals surface area contributed by atoms with E-state index in [9.17, 15) is 29.3 Å². The van der Waals surface area contributed by atoms with Gasteiger partial charge in [0.05, 0.1) is 21.7 Å². The average molecular weight is 520 g/mol. The van der Waals surface area contributed by atoms with E-state index in [1.54, 1.807) is 30.3 Å². The number of nitro groups is 1. The molecule has 0 radical (unpaired) electrons. The number of nitrogens with zero attached hydrogens (tertiary/aromatic N) is 2. The maximum atomic E-state index is 13.2. The van der Waals surface area contributed by atoms with Gasteiger partial charge in [0.25, 0.3) is 23.4 Å². The van der Waals surface area contributed by atoms with Gasteiger partial charge in [-0.2, -0.15) is 0 Å². The van der Waals surface area contributed by atoms with Crippen molar-refractivity contribution < 1.29 is 24.1 Å². The molecule has 1 aliphatic rings. The van der Waals surface area contributed by atoms with Gasteiger partial charge in [-0.15, -0.1) is 0 Å². The van der Waals surface area contributed by atoms with Crippen molar-refractivity contribution in [2.45, 2.75) is 13.8 Å². The van der Waals surface area contributed by atoms with Crippen molar-refractivity contribution in [2.24, 2.45) is 0 Å². The number of carbonyl (C=O) groups excluding carboxylic acids is 4. The van der Waals surface area contributed by atoms with Crippen molar-refractivity contribution in [3.8, 4) is 0 Å². The monoisotopic (exact) mass is 519 g/mol. The number of anilines is 2. The van der Waals surface area contributed by atoms with Crippen LogP contribution in [0.15, 0.2) is 84.9 Å². The van der Waals surface area contributed by atoms with Crippen molar-refractivity contribution in [3.63, 3.8) is 0 Å². The molecule has 4 aromatic carbocycles. The molecule has 0 aromatic heterocycles. The van der Waals surface area contributed by atoms with Crippen molar-refractivity contribution in [3.05, 3.63) is 134 Å². The number of aryl methyl sites for hydroxylation is 2. The summed E-state index contributed by atoms with van der Waals surface area (Å²) in [5.41, 5.74) is 4.03. The number of ketones is 1. The molecule has 0 saturated carbocycles. The van der Waals surface area contributed by atoms with Crippen LogP contribution in [-0.2, 0) is 0 Å². The molecule has 9 nitrogen and oxygen atoms in total. The summed E-state index contributed by atoms with van der Waals surface area (Å²) >= 11 is 0. The summed E-state index contributed by atoms with van der Waals surface area (Å²) in [7, 11) is 0. The molecule has 0 aliphatic carbocycles. The molecular weight excluding hydrogens is 498 g/mol. The number of hydrogen-bond donors (Lipinski definition) is 1. The minimum absolute atomic E-state index is 0.122. The van der Waals surface area contributed by atoms with E-state index in [1.807, 2.05) is 26.0 Å². The molecule has 4 aromatic rings. The molecule has 0 bridgehead atoms. The Balaban J connectivity index is 1.34. The van der Waals surface area contributed by atoms with Crippen LogP contribution in [0.25, 0.3) is 0 Å². The van der Waals surface area contributed by atoms with Crippen molar-refractivity contribution in [1.82, 2.24) is 0 Å². The topological polar surface area (TPSA) is 127 Å². The summed E-state index contributed by atoms with van der Waals surface area (Å²) in [6, 6.07) is 21.2. The molecule has 0 spiro atoms. The molecule has 1 aliphatic heterocycles. The molecule has 5 rings (SSSR count). The number of non-ortho nitro benzene ring substituents is 1. The molecule has 1 N–H and O–H groups in total. The van der Waals surface area contributed by atoms with Gasteiger partial charge in [-0.1, -0.05) is 12.1 Å². The Hall–Kier alpha value is -5.44. The van der Waals surface area contributed by atoms with Crippen LogP contribution in [0.4, 0.5) is 17.1 Å². The summed E-state index contributed by atoms with van der Waals surface area (Å²) in [4.78, 5) is 63.0. The fourth-order valence-corrected chi connectivity index (χ4v) is 4.30. The first-order valence-electron chi connectivity index (χ1n) is 11.9.